The Kier molecular flexibility index (Phi) is 7.03. The zero-order chi connectivity index (χ0) is 6.95. The van der Waals surface area contributed by atoms with E-state index in [9.17, 15) is 0 Å². The first-order chi connectivity index (χ1) is 4.41. The minimum absolute atomic E-state index is 0.715. The maximum Gasteiger partial charge on any atom is 0.0270 e. The molecular formula is C8H11P. The standard InChI is InChI=1S/C8H11P/c1-3-5-6-8-9-7-4-2/h3-4,9H,1-2,5,7H2. The van der Waals surface area contributed by atoms with Crippen molar-refractivity contribution in [2.24, 2.45) is 0 Å². The highest BCUT2D eigenvalue weighted by molar-refractivity contribution is 7.44. The summed E-state index contributed by atoms with van der Waals surface area (Å²) in [7, 11) is 0.715. The molecule has 0 aromatic rings. The molecule has 0 spiro atoms. The van der Waals surface area contributed by atoms with Crippen LogP contribution in [0.25, 0.3) is 0 Å². The quantitative estimate of drug-likeness (QED) is 0.243. The Morgan fingerprint density at radius 3 is 2.67 bits per heavy atom. The number of hydrogen-bond acceptors (Lipinski definition) is 0. The van der Waals surface area contributed by atoms with Crippen molar-refractivity contribution in [1.29, 1.82) is 0 Å². The lowest BCUT2D eigenvalue weighted by Crippen LogP contribution is -1.58. The molecule has 0 nitrogen and oxygen atoms in total. The van der Waals surface area contributed by atoms with Gasteiger partial charge in [0, 0.05) is 6.42 Å². The summed E-state index contributed by atoms with van der Waals surface area (Å²) in [5.41, 5.74) is 3.02. The van der Waals surface area contributed by atoms with Crippen molar-refractivity contribution in [2.45, 2.75) is 6.42 Å². The molecule has 0 rings (SSSR count). The fourth-order valence-corrected chi connectivity index (χ4v) is 0.782. The maximum atomic E-state index is 3.60. The summed E-state index contributed by atoms with van der Waals surface area (Å²) in [6, 6.07) is 0. The molecule has 0 radical (unpaired) electrons. The van der Waals surface area contributed by atoms with Crippen LogP contribution in [-0.4, -0.2) is 6.16 Å². The summed E-state index contributed by atoms with van der Waals surface area (Å²) in [6.45, 7) is 7.16. The highest BCUT2D eigenvalue weighted by Crippen LogP contribution is 2.04. The van der Waals surface area contributed by atoms with Gasteiger partial charge in [0.25, 0.3) is 0 Å². The molecule has 0 N–H and O–H groups in total. The molecule has 0 aliphatic heterocycles. The Bertz CT molecular complexity index is 136. The highest BCUT2D eigenvalue weighted by Gasteiger charge is 1.69. The van der Waals surface area contributed by atoms with Gasteiger partial charge in [-0.15, -0.1) is 13.2 Å². The molecular weight excluding hydrogens is 127 g/mol. The summed E-state index contributed by atoms with van der Waals surface area (Å²) in [5.74, 6) is 2.97. The van der Waals surface area contributed by atoms with Crippen molar-refractivity contribution in [3.8, 4) is 11.6 Å². The summed E-state index contributed by atoms with van der Waals surface area (Å²) in [5, 5.41) is 0. The lowest BCUT2D eigenvalue weighted by Gasteiger charge is -1.78. The van der Waals surface area contributed by atoms with Crippen LogP contribution in [0.3, 0.4) is 0 Å². The van der Waals surface area contributed by atoms with E-state index < -0.39 is 0 Å². The largest absolute Gasteiger partial charge is 0.103 e. The molecule has 48 valence electrons. The van der Waals surface area contributed by atoms with E-state index in [1.54, 1.807) is 0 Å². The zero-order valence-corrected chi connectivity index (χ0v) is 6.48. The van der Waals surface area contributed by atoms with Crippen molar-refractivity contribution < 1.29 is 0 Å². The second-order valence-electron chi connectivity index (χ2n) is 1.46. The molecule has 0 heterocycles. The van der Waals surface area contributed by atoms with Crippen molar-refractivity contribution in [3.05, 3.63) is 25.3 Å². The summed E-state index contributed by atoms with van der Waals surface area (Å²) in [6.07, 6.45) is 5.53. The fraction of sp³-hybridized carbons (Fsp3) is 0.250. The Morgan fingerprint density at radius 2 is 2.11 bits per heavy atom. The smallest absolute Gasteiger partial charge is 0.0270 e. The van der Waals surface area contributed by atoms with Gasteiger partial charge >= 0.3 is 0 Å². The average Bonchev–Trinajstić information content (AvgIpc) is 1.89. The molecule has 0 bridgehead atoms. The normalized spacial score (nSPS) is 8.44. The minimum atomic E-state index is 0.715. The van der Waals surface area contributed by atoms with Gasteiger partial charge in [0.2, 0.25) is 0 Å². The van der Waals surface area contributed by atoms with Crippen LogP contribution in [0.4, 0.5) is 0 Å². The number of allylic oxidation sites excluding steroid dienone is 2. The second-order valence-corrected chi connectivity index (χ2v) is 2.48. The van der Waals surface area contributed by atoms with Gasteiger partial charge < -0.3 is 0 Å². The molecule has 0 aliphatic carbocycles. The van der Waals surface area contributed by atoms with Gasteiger partial charge in [0.15, 0.2) is 0 Å². The van der Waals surface area contributed by atoms with E-state index in [1.165, 1.54) is 0 Å². The van der Waals surface area contributed by atoms with E-state index >= 15 is 0 Å². The summed E-state index contributed by atoms with van der Waals surface area (Å²) >= 11 is 0. The van der Waals surface area contributed by atoms with Crippen LogP contribution in [0.15, 0.2) is 25.3 Å². The van der Waals surface area contributed by atoms with Crippen molar-refractivity contribution in [1.82, 2.24) is 0 Å². The van der Waals surface area contributed by atoms with Crippen LogP contribution >= 0.6 is 8.58 Å². The predicted octanol–water partition coefficient (Wildman–Crippen LogP) is 2.39. The molecule has 0 amide bonds. The molecule has 0 fully saturated rings. The molecule has 0 aliphatic rings. The third-order valence-electron chi connectivity index (χ3n) is 0.670. The molecule has 0 aromatic heterocycles. The molecule has 1 heteroatoms. The SMILES string of the molecule is C=CCC#CPCC=C. The first-order valence-electron chi connectivity index (χ1n) is 2.84. The first kappa shape index (κ1) is 8.47. The Hall–Kier alpha value is -0.530. The van der Waals surface area contributed by atoms with E-state index in [4.69, 9.17) is 0 Å². The highest BCUT2D eigenvalue weighted by atomic mass is 31.1. The van der Waals surface area contributed by atoms with Gasteiger partial charge in [-0.1, -0.05) is 23.7 Å². The van der Waals surface area contributed by atoms with Crippen LogP contribution in [0, 0.1) is 11.6 Å². The van der Waals surface area contributed by atoms with E-state index in [0.717, 1.165) is 12.6 Å². The summed E-state index contributed by atoms with van der Waals surface area (Å²) < 4.78 is 0. The summed E-state index contributed by atoms with van der Waals surface area (Å²) in [4.78, 5) is 0. The lowest BCUT2D eigenvalue weighted by molar-refractivity contribution is 1.49. The zero-order valence-electron chi connectivity index (χ0n) is 5.48. The van der Waals surface area contributed by atoms with E-state index in [2.05, 4.69) is 24.7 Å². The van der Waals surface area contributed by atoms with Gasteiger partial charge in [0.1, 0.15) is 0 Å². The van der Waals surface area contributed by atoms with E-state index in [-0.39, 0.29) is 0 Å². The molecule has 1 atom stereocenters. The molecule has 0 saturated carbocycles. The predicted molar refractivity (Wildman–Crippen MR) is 46.0 cm³/mol. The van der Waals surface area contributed by atoms with Crippen LogP contribution in [-0.2, 0) is 0 Å². The van der Waals surface area contributed by atoms with Crippen molar-refractivity contribution in [2.75, 3.05) is 6.16 Å². The van der Waals surface area contributed by atoms with Gasteiger partial charge in [0.05, 0.1) is 0 Å². The minimum Gasteiger partial charge on any atom is -0.103 e. The second kappa shape index (κ2) is 7.47. The molecule has 9 heavy (non-hydrogen) atoms. The van der Waals surface area contributed by atoms with E-state index in [1.807, 2.05) is 12.2 Å². The monoisotopic (exact) mass is 138 g/mol. The van der Waals surface area contributed by atoms with E-state index in [0.29, 0.717) is 8.58 Å². The Balaban J connectivity index is 3.14. The van der Waals surface area contributed by atoms with Crippen LogP contribution in [0.1, 0.15) is 6.42 Å². The maximum absolute atomic E-state index is 3.60. The lowest BCUT2D eigenvalue weighted by atomic mass is 10.5. The first-order valence-corrected chi connectivity index (χ1v) is 4.05. The van der Waals surface area contributed by atoms with Gasteiger partial charge in [-0.05, 0) is 14.7 Å². The average molecular weight is 138 g/mol. The van der Waals surface area contributed by atoms with Crippen LogP contribution in [0.5, 0.6) is 0 Å². The number of rotatable bonds is 3. The fourth-order valence-electron chi connectivity index (χ4n) is 0.309. The van der Waals surface area contributed by atoms with Gasteiger partial charge in [-0.3, -0.25) is 0 Å². The topological polar surface area (TPSA) is 0 Å². The molecule has 0 aromatic carbocycles. The molecule has 0 saturated heterocycles. The van der Waals surface area contributed by atoms with Crippen molar-refractivity contribution >= 4 is 8.58 Å². The van der Waals surface area contributed by atoms with Crippen LogP contribution in [0.2, 0.25) is 0 Å². The third-order valence-corrected chi connectivity index (χ3v) is 1.52. The van der Waals surface area contributed by atoms with Crippen molar-refractivity contribution in [3.63, 3.8) is 0 Å². The Morgan fingerprint density at radius 1 is 1.33 bits per heavy atom. The Labute approximate surface area is 58.8 Å². The molecule has 1 unspecified atom stereocenters. The van der Waals surface area contributed by atoms with Gasteiger partial charge in [-0.25, -0.2) is 0 Å². The van der Waals surface area contributed by atoms with Gasteiger partial charge in [-0.2, -0.15) is 0 Å². The third kappa shape index (κ3) is 7.47. The number of hydrogen-bond donors (Lipinski definition) is 0. The van der Waals surface area contributed by atoms with Crippen LogP contribution < -0.4 is 0 Å².